The summed E-state index contributed by atoms with van der Waals surface area (Å²) in [6.45, 7) is 0.791. The van der Waals surface area contributed by atoms with E-state index >= 15 is 0 Å². The Hall–Kier alpha value is -3.08. The van der Waals surface area contributed by atoms with Crippen LogP contribution in [0.4, 0.5) is 10.5 Å². The molecule has 0 saturated heterocycles. The van der Waals surface area contributed by atoms with E-state index in [9.17, 15) is 9.59 Å². The first-order valence-corrected chi connectivity index (χ1v) is 8.74. The molecule has 0 radical (unpaired) electrons. The molecule has 2 aromatic rings. The molecule has 1 aliphatic rings. The zero-order valence-electron chi connectivity index (χ0n) is 14.5. The van der Waals surface area contributed by atoms with Crippen LogP contribution in [0.1, 0.15) is 29.5 Å². The van der Waals surface area contributed by atoms with E-state index in [2.05, 4.69) is 16.7 Å². The van der Waals surface area contributed by atoms with Gasteiger partial charge in [0, 0.05) is 18.7 Å². The minimum atomic E-state index is -0.410. The second-order valence-electron chi connectivity index (χ2n) is 6.14. The van der Waals surface area contributed by atoms with E-state index in [0.717, 1.165) is 28.8 Å². The van der Waals surface area contributed by atoms with Gasteiger partial charge in [0.15, 0.2) is 0 Å². The molecule has 134 valence electrons. The third-order valence-corrected chi connectivity index (χ3v) is 4.13. The molecule has 26 heavy (non-hydrogen) atoms. The van der Waals surface area contributed by atoms with E-state index in [1.54, 1.807) is 0 Å². The quantitative estimate of drug-likeness (QED) is 0.777. The van der Waals surface area contributed by atoms with Gasteiger partial charge in [-0.05, 0) is 41.7 Å². The minimum Gasteiger partial charge on any atom is -0.445 e. The van der Waals surface area contributed by atoms with Crippen LogP contribution in [0.15, 0.2) is 54.6 Å². The zero-order chi connectivity index (χ0) is 18.2. The Balaban J connectivity index is 1.38. The highest BCUT2D eigenvalue weighted by atomic mass is 16.5. The molecule has 0 atom stereocenters. The Labute approximate surface area is 153 Å². The second-order valence-corrected chi connectivity index (χ2v) is 6.14. The van der Waals surface area contributed by atoms with Crippen LogP contribution in [-0.2, 0) is 22.6 Å². The summed E-state index contributed by atoms with van der Waals surface area (Å²) in [6, 6.07) is 15.6. The fourth-order valence-corrected chi connectivity index (χ4v) is 2.76. The summed E-state index contributed by atoms with van der Waals surface area (Å²) in [7, 11) is 0. The molecule has 0 spiro atoms. The Morgan fingerprint density at radius 2 is 2.00 bits per heavy atom. The third kappa shape index (κ3) is 5.21. The molecule has 0 saturated carbocycles. The number of amides is 2. The van der Waals surface area contributed by atoms with Crippen molar-refractivity contribution >= 4 is 23.8 Å². The van der Waals surface area contributed by atoms with E-state index in [-0.39, 0.29) is 12.5 Å². The molecule has 0 aromatic heterocycles. The first kappa shape index (κ1) is 17.7. The van der Waals surface area contributed by atoms with Crippen LogP contribution in [-0.4, -0.2) is 18.5 Å². The number of ether oxygens (including phenoxy) is 1. The highest BCUT2D eigenvalue weighted by molar-refractivity contribution is 5.94. The molecule has 2 aromatic carbocycles. The van der Waals surface area contributed by atoms with Crippen molar-refractivity contribution in [2.75, 3.05) is 11.9 Å². The van der Waals surface area contributed by atoms with Gasteiger partial charge < -0.3 is 15.4 Å². The highest BCUT2D eigenvalue weighted by Gasteiger charge is 2.13. The molecule has 5 nitrogen and oxygen atoms in total. The number of carbonyl (C=O) groups excluding carboxylic acids is 2. The summed E-state index contributed by atoms with van der Waals surface area (Å²) in [5, 5.41) is 5.61. The number of hydrogen-bond acceptors (Lipinski definition) is 3. The van der Waals surface area contributed by atoms with Gasteiger partial charge in [-0.1, -0.05) is 48.6 Å². The zero-order valence-corrected chi connectivity index (χ0v) is 14.5. The largest absolute Gasteiger partial charge is 0.445 e. The van der Waals surface area contributed by atoms with E-state index in [1.165, 1.54) is 0 Å². The van der Waals surface area contributed by atoms with Gasteiger partial charge in [-0.2, -0.15) is 0 Å². The molecule has 2 amide bonds. The monoisotopic (exact) mass is 350 g/mol. The summed E-state index contributed by atoms with van der Waals surface area (Å²) in [4.78, 5) is 23.0. The summed E-state index contributed by atoms with van der Waals surface area (Å²) in [5.74, 6) is 0.0750. The molecule has 0 unspecified atom stereocenters. The molecule has 1 heterocycles. The standard InChI is InChI=1S/C21H22N2O3/c24-20-12-10-18-14-16(9-11-19(18)23-20)6-4-5-13-22-21(25)26-15-17-7-2-1-3-8-17/h1-4,6-9,11,14H,5,10,12-13,15H2,(H,22,25)(H,23,24). The molecular weight excluding hydrogens is 328 g/mol. The van der Waals surface area contributed by atoms with Crippen LogP contribution in [0.2, 0.25) is 0 Å². The summed E-state index contributed by atoms with van der Waals surface area (Å²) in [6.07, 6.45) is 5.65. The normalized spacial score (nSPS) is 13.2. The lowest BCUT2D eigenvalue weighted by atomic mass is 10.00. The van der Waals surface area contributed by atoms with Gasteiger partial charge >= 0.3 is 6.09 Å². The number of benzene rings is 2. The smallest absolute Gasteiger partial charge is 0.407 e. The fourth-order valence-electron chi connectivity index (χ4n) is 2.76. The molecule has 3 rings (SSSR count). The van der Waals surface area contributed by atoms with Gasteiger partial charge in [0.25, 0.3) is 0 Å². The van der Waals surface area contributed by atoms with Gasteiger partial charge in [0.1, 0.15) is 6.61 Å². The Morgan fingerprint density at radius 1 is 1.15 bits per heavy atom. The number of anilines is 1. The number of hydrogen-bond donors (Lipinski definition) is 2. The maximum Gasteiger partial charge on any atom is 0.407 e. The van der Waals surface area contributed by atoms with Gasteiger partial charge in [0.05, 0.1) is 0 Å². The van der Waals surface area contributed by atoms with E-state index in [4.69, 9.17) is 4.74 Å². The predicted molar refractivity (Wildman–Crippen MR) is 102 cm³/mol. The van der Waals surface area contributed by atoms with Crippen LogP contribution in [0, 0.1) is 0 Å². The van der Waals surface area contributed by atoms with E-state index in [1.807, 2.05) is 54.6 Å². The lowest BCUT2D eigenvalue weighted by Crippen LogP contribution is -2.24. The van der Waals surface area contributed by atoms with Crippen molar-refractivity contribution in [1.82, 2.24) is 5.32 Å². The number of nitrogens with one attached hydrogen (secondary N) is 2. The number of rotatable bonds is 6. The van der Waals surface area contributed by atoms with Crippen LogP contribution in [0.25, 0.3) is 6.08 Å². The second kappa shape index (κ2) is 8.85. The van der Waals surface area contributed by atoms with E-state index < -0.39 is 6.09 Å². The SMILES string of the molecule is O=C1CCc2cc(C=CCCNC(=O)OCc3ccccc3)ccc2N1. The average Bonchev–Trinajstić information content (AvgIpc) is 2.67. The number of carbonyl (C=O) groups is 2. The summed E-state index contributed by atoms with van der Waals surface area (Å²) in [5.41, 5.74) is 4.12. The van der Waals surface area contributed by atoms with Crippen molar-refractivity contribution in [2.24, 2.45) is 0 Å². The van der Waals surface area contributed by atoms with Crippen molar-refractivity contribution in [1.29, 1.82) is 0 Å². The van der Waals surface area contributed by atoms with Crippen molar-refractivity contribution in [2.45, 2.75) is 25.9 Å². The Morgan fingerprint density at radius 3 is 2.85 bits per heavy atom. The molecule has 2 N–H and O–H groups in total. The van der Waals surface area contributed by atoms with Crippen molar-refractivity contribution in [3.05, 3.63) is 71.3 Å². The van der Waals surface area contributed by atoms with Crippen LogP contribution >= 0.6 is 0 Å². The molecule has 5 heteroatoms. The van der Waals surface area contributed by atoms with Crippen LogP contribution in [0.5, 0.6) is 0 Å². The van der Waals surface area contributed by atoms with Crippen LogP contribution < -0.4 is 10.6 Å². The average molecular weight is 350 g/mol. The molecule has 1 aliphatic heterocycles. The minimum absolute atomic E-state index is 0.0750. The maximum atomic E-state index is 11.6. The molecule has 0 bridgehead atoms. The summed E-state index contributed by atoms with van der Waals surface area (Å²) < 4.78 is 5.16. The number of alkyl carbamates (subject to hydrolysis) is 1. The van der Waals surface area contributed by atoms with Crippen molar-refractivity contribution in [3.8, 4) is 0 Å². The van der Waals surface area contributed by atoms with Gasteiger partial charge in [0.2, 0.25) is 5.91 Å². The third-order valence-electron chi connectivity index (χ3n) is 4.13. The predicted octanol–water partition coefficient (Wildman–Crippen LogP) is 3.90. The lowest BCUT2D eigenvalue weighted by molar-refractivity contribution is -0.116. The van der Waals surface area contributed by atoms with Crippen LogP contribution in [0.3, 0.4) is 0 Å². The Kier molecular flexibility index (Phi) is 6.04. The van der Waals surface area contributed by atoms with Gasteiger partial charge in [-0.3, -0.25) is 4.79 Å². The van der Waals surface area contributed by atoms with Gasteiger partial charge in [-0.25, -0.2) is 4.79 Å². The number of fused-ring (bicyclic) bond motifs is 1. The lowest BCUT2D eigenvalue weighted by Gasteiger charge is -2.16. The highest BCUT2D eigenvalue weighted by Crippen LogP contribution is 2.24. The van der Waals surface area contributed by atoms with Crippen molar-refractivity contribution < 1.29 is 14.3 Å². The molecular formula is C21H22N2O3. The Bertz CT molecular complexity index is 800. The maximum absolute atomic E-state index is 11.6. The first-order valence-electron chi connectivity index (χ1n) is 8.74. The number of aryl methyl sites for hydroxylation is 1. The first-order chi connectivity index (χ1) is 12.7. The topological polar surface area (TPSA) is 67.4 Å². The van der Waals surface area contributed by atoms with E-state index in [0.29, 0.717) is 19.4 Å². The molecule has 0 fully saturated rings. The fraction of sp³-hybridized carbons (Fsp3) is 0.238. The summed E-state index contributed by atoms with van der Waals surface area (Å²) >= 11 is 0. The van der Waals surface area contributed by atoms with Gasteiger partial charge in [-0.15, -0.1) is 0 Å². The van der Waals surface area contributed by atoms with Crippen molar-refractivity contribution in [3.63, 3.8) is 0 Å². The molecule has 0 aliphatic carbocycles.